The Morgan fingerprint density at radius 3 is 2.07 bits per heavy atom. The van der Waals surface area contributed by atoms with Crippen LogP contribution in [-0.2, 0) is 15.8 Å². The lowest BCUT2D eigenvalue weighted by Gasteiger charge is -2.27. The van der Waals surface area contributed by atoms with Gasteiger partial charge in [-0.15, -0.1) is 0 Å². The van der Waals surface area contributed by atoms with Crippen molar-refractivity contribution in [2.24, 2.45) is 0 Å². The van der Waals surface area contributed by atoms with Crippen molar-refractivity contribution in [2.45, 2.75) is 26.9 Å². The molecule has 0 saturated heterocycles. The third-order valence-corrected chi connectivity index (χ3v) is 4.09. The molecule has 0 saturated carbocycles. The molecule has 144 valence electrons. The van der Waals surface area contributed by atoms with Crippen LogP contribution in [0.5, 0.6) is 0 Å². The van der Waals surface area contributed by atoms with E-state index in [1.165, 1.54) is 24.0 Å². The number of rotatable bonds is 5. The van der Waals surface area contributed by atoms with E-state index in [1.54, 1.807) is 13.0 Å². The number of hydrogen-bond donors (Lipinski definition) is 0. The van der Waals surface area contributed by atoms with Gasteiger partial charge >= 0.3 is 6.18 Å². The molecule has 0 N–H and O–H groups in total. The molecule has 2 aromatic carbocycles. The van der Waals surface area contributed by atoms with Crippen LogP contribution in [0.1, 0.15) is 25.0 Å². The maximum absolute atomic E-state index is 13.0. The van der Waals surface area contributed by atoms with Crippen molar-refractivity contribution in [3.05, 3.63) is 59.7 Å². The molecule has 0 aliphatic carbocycles. The number of nitrogens with zero attached hydrogens (tertiary/aromatic N) is 2. The molecule has 0 heterocycles. The van der Waals surface area contributed by atoms with E-state index in [2.05, 4.69) is 0 Å². The minimum Gasteiger partial charge on any atom is -0.311 e. The van der Waals surface area contributed by atoms with Crippen molar-refractivity contribution in [3.8, 4) is 0 Å². The molecule has 0 bridgehead atoms. The van der Waals surface area contributed by atoms with E-state index in [1.807, 2.05) is 25.1 Å². The number of amides is 2. The van der Waals surface area contributed by atoms with Gasteiger partial charge in [0.05, 0.1) is 5.56 Å². The third kappa shape index (κ3) is 5.09. The molecule has 27 heavy (non-hydrogen) atoms. The summed E-state index contributed by atoms with van der Waals surface area (Å²) in [6.45, 7) is 4.93. The fraction of sp³-hybridized carbons (Fsp3) is 0.300. The van der Waals surface area contributed by atoms with Gasteiger partial charge in [0.15, 0.2) is 0 Å². The van der Waals surface area contributed by atoms with E-state index >= 15 is 0 Å². The number of likely N-dealkylation sites (N-methyl/N-ethyl adjacent to an activating group) is 1. The summed E-state index contributed by atoms with van der Waals surface area (Å²) in [4.78, 5) is 27.3. The van der Waals surface area contributed by atoms with Crippen molar-refractivity contribution < 1.29 is 22.8 Å². The lowest BCUT2D eigenvalue weighted by molar-refractivity contribution is -0.137. The van der Waals surface area contributed by atoms with Crippen molar-refractivity contribution in [1.82, 2.24) is 0 Å². The molecule has 0 unspecified atom stereocenters. The molecule has 0 atom stereocenters. The number of carbonyl (C=O) groups is 2. The Bertz CT molecular complexity index is 834. The number of aryl methyl sites for hydroxylation is 1. The van der Waals surface area contributed by atoms with Crippen molar-refractivity contribution >= 4 is 23.2 Å². The van der Waals surface area contributed by atoms with Gasteiger partial charge in [0.2, 0.25) is 11.8 Å². The van der Waals surface area contributed by atoms with Crippen molar-refractivity contribution in [3.63, 3.8) is 0 Å². The minimum absolute atomic E-state index is 0.0333. The first kappa shape index (κ1) is 20.5. The van der Waals surface area contributed by atoms with Crippen LogP contribution < -0.4 is 9.80 Å². The number of benzene rings is 2. The van der Waals surface area contributed by atoms with Crippen LogP contribution in [0.25, 0.3) is 0 Å². The zero-order chi connectivity index (χ0) is 20.2. The van der Waals surface area contributed by atoms with Crippen LogP contribution in [0.3, 0.4) is 0 Å². The topological polar surface area (TPSA) is 40.6 Å². The first-order chi connectivity index (χ1) is 12.6. The summed E-state index contributed by atoms with van der Waals surface area (Å²) in [5.41, 5.74) is 0.811. The van der Waals surface area contributed by atoms with Gasteiger partial charge in [-0.05, 0) is 49.7 Å². The maximum Gasteiger partial charge on any atom is 0.416 e. The second-order valence-electron chi connectivity index (χ2n) is 6.13. The standard InChI is InChI=1S/C20H21F3N2O2/c1-4-24(17-9-5-7-14(2)11-17)19(27)13-25(15(3)26)18-10-6-8-16(12-18)20(21,22)23/h5-12H,4,13H2,1-3H3. The Labute approximate surface area is 156 Å². The molecule has 0 spiro atoms. The van der Waals surface area contributed by atoms with Gasteiger partial charge in [0.25, 0.3) is 0 Å². The van der Waals surface area contributed by atoms with Crippen molar-refractivity contribution in [1.29, 1.82) is 0 Å². The highest BCUT2D eigenvalue weighted by Gasteiger charge is 2.31. The molecule has 0 fully saturated rings. The molecule has 2 amide bonds. The van der Waals surface area contributed by atoms with Crippen molar-refractivity contribution in [2.75, 3.05) is 22.9 Å². The number of anilines is 2. The summed E-state index contributed by atoms with van der Waals surface area (Å²) in [6.07, 6.45) is -4.53. The summed E-state index contributed by atoms with van der Waals surface area (Å²) < 4.78 is 38.9. The van der Waals surface area contributed by atoms with Gasteiger partial charge in [0, 0.05) is 24.8 Å². The Hall–Kier alpha value is -2.83. The van der Waals surface area contributed by atoms with Gasteiger partial charge in [0.1, 0.15) is 6.54 Å². The maximum atomic E-state index is 13.0. The Morgan fingerprint density at radius 1 is 0.963 bits per heavy atom. The van der Waals surface area contributed by atoms with E-state index in [0.29, 0.717) is 12.2 Å². The summed E-state index contributed by atoms with van der Waals surface area (Å²) >= 11 is 0. The van der Waals surface area contributed by atoms with Crippen LogP contribution in [0.15, 0.2) is 48.5 Å². The number of carbonyl (C=O) groups excluding carboxylic acids is 2. The average Bonchev–Trinajstić information content (AvgIpc) is 2.59. The van der Waals surface area contributed by atoms with Gasteiger partial charge in [-0.3, -0.25) is 9.59 Å². The van der Waals surface area contributed by atoms with Crippen LogP contribution in [0.2, 0.25) is 0 Å². The first-order valence-electron chi connectivity index (χ1n) is 8.46. The predicted molar refractivity (Wildman–Crippen MR) is 98.7 cm³/mol. The fourth-order valence-corrected chi connectivity index (χ4v) is 2.75. The number of hydrogen-bond acceptors (Lipinski definition) is 2. The molecule has 7 heteroatoms. The summed E-state index contributed by atoms with van der Waals surface area (Å²) in [7, 11) is 0. The van der Waals surface area contributed by atoms with Gasteiger partial charge in [-0.2, -0.15) is 13.2 Å². The lowest BCUT2D eigenvalue weighted by Crippen LogP contribution is -2.42. The molecular formula is C20H21F3N2O2. The zero-order valence-electron chi connectivity index (χ0n) is 15.4. The fourth-order valence-electron chi connectivity index (χ4n) is 2.75. The van der Waals surface area contributed by atoms with E-state index in [-0.39, 0.29) is 18.1 Å². The highest BCUT2D eigenvalue weighted by Crippen LogP contribution is 2.31. The quantitative estimate of drug-likeness (QED) is 0.773. The highest BCUT2D eigenvalue weighted by molar-refractivity contribution is 6.03. The van der Waals surface area contributed by atoms with E-state index in [4.69, 9.17) is 0 Å². The monoisotopic (exact) mass is 378 g/mol. The second-order valence-corrected chi connectivity index (χ2v) is 6.13. The van der Waals surface area contributed by atoms with E-state index in [9.17, 15) is 22.8 Å². The largest absolute Gasteiger partial charge is 0.416 e. The molecular weight excluding hydrogens is 357 g/mol. The Morgan fingerprint density at radius 2 is 1.56 bits per heavy atom. The molecule has 0 aliphatic rings. The number of halogens is 3. The summed E-state index contributed by atoms with van der Waals surface area (Å²) in [6, 6.07) is 11.7. The SMILES string of the molecule is CCN(C(=O)CN(C(C)=O)c1cccc(C(F)(F)F)c1)c1cccc(C)c1. The van der Waals surface area contributed by atoms with Gasteiger partial charge in [-0.1, -0.05) is 18.2 Å². The molecule has 2 rings (SSSR count). The Balaban J connectivity index is 2.30. The molecule has 4 nitrogen and oxygen atoms in total. The first-order valence-corrected chi connectivity index (χ1v) is 8.46. The Kier molecular flexibility index (Phi) is 6.25. The van der Waals surface area contributed by atoms with Crippen LogP contribution in [-0.4, -0.2) is 24.9 Å². The van der Waals surface area contributed by atoms with Gasteiger partial charge in [-0.25, -0.2) is 0 Å². The van der Waals surface area contributed by atoms with Gasteiger partial charge < -0.3 is 9.80 Å². The summed E-state index contributed by atoms with van der Waals surface area (Å²) in [5, 5.41) is 0. The average molecular weight is 378 g/mol. The smallest absolute Gasteiger partial charge is 0.311 e. The van der Waals surface area contributed by atoms with Crippen LogP contribution in [0.4, 0.5) is 24.5 Å². The predicted octanol–water partition coefficient (Wildman–Crippen LogP) is 4.42. The highest BCUT2D eigenvalue weighted by atomic mass is 19.4. The second kappa shape index (κ2) is 8.24. The molecule has 0 aliphatic heterocycles. The minimum atomic E-state index is -4.53. The van der Waals surface area contributed by atoms with Crippen LogP contribution in [0, 0.1) is 6.92 Å². The normalized spacial score (nSPS) is 11.2. The zero-order valence-corrected chi connectivity index (χ0v) is 15.4. The molecule has 2 aromatic rings. The van der Waals surface area contributed by atoms with E-state index in [0.717, 1.165) is 22.6 Å². The lowest BCUT2D eigenvalue weighted by atomic mass is 10.1. The van der Waals surface area contributed by atoms with Crippen LogP contribution >= 0.6 is 0 Å². The summed E-state index contributed by atoms with van der Waals surface area (Å²) in [5.74, 6) is -0.890. The third-order valence-electron chi connectivity index (χ3n) is 4.09. The molecule has 0 radical (unpaired) electrons. The number of alkyl halides is 3. The van der Waals surface area contributed by atoms with E-state index < -0.39 is 17.6 Å². The molecule has 0 aromatic heterocycles.